The molecule has 1 aromatic carbocycles. The normalized spacial score (nSPS) is 10.5. The predicted octanol–water partition coefficient (Wildman–Crippen LogP) is 4.15. The Kier molecular flexibility index (Phi) is 3.51. The molecule has 0 aliphatic rings. The molecule has 15 heavy (non-hydrogen) atoms. The molecule has 0 aliphatic carbocycles. The van der Waals surface area contributed by atoms with Crippen LogP contribution in [-0.2, 0) is 6.42 Å². The fourth-order valence-corrected chi connectivity index (χ4v) is 2.46. The van der Waals surface area contributed by atoms with Crippen molar-refractivity contribution in [2.24, 2.45) is 0 Å². The highest BCUT2D eigenvalue weighted by Gasteiger charge is 2.06. The highest BCUT2D eigenvalue weighted by molar-refractivity contribution is 7.13. The predicted molar refractivity (Wildman–Crippen MR) is 66.2 cm³/mol. The van der Waals surface area contributed by atoms with Crippen molar-refractivity contribution in [3.63, 3.8) is 0 Å². The lowest BCUT2D eigenvalue weighted by Gasteiger charge is -2.01. The topological polar surface area (TPSA) is 12.9 Å². The molecule has 1 aromatic heterocycles. The van der Waals surface area contributed by atoms with Crippen LogP contribution in [0, 0.1) is 0 Å². The molecular formula is C13H15NS. The summed E-state index contributed by atoms with van der Waals surface area (Å²) in [6, 6.07) is 10.5. The second-order valence-electron chi connectivity index (χ2n) is 3.60. The third-order valence-electron chi connectivity index (χ3n) is 2.44. The number of benzene rings is 1. The summed E-state index contributed by atoms with van der Waals surface area (Å²) < 4.78 is 0. The molecular weight excluding hydrogens is 202 g/mol. The van der Waals surface area contributed by atoms with Gasteiger partial charge in [0.15, 0.2) is 0 Å². The third-order valence-corrected chi connectivity index (χ3v) is 3.36. The van der Waals surface area contributed by atoms with Gasteiger partial charge in [0, 0.05) is 0 Å². The quantitative estimate of drug-likeness (QED) is 0.749. The Morgan fingerprint density at radius 2 is 2.00 bits per heavy atom. The van der Waals surface area contributed by atoms with Crippen LogP contribution < -0.4 is 0 Å². The van der Waals surface area contributed by atoms with E-state index in [1.807, 2.05) is 5.51 Å². The molecule has 2 aromatic rings. The number of hydrogen-bond donors (Lipinski definition) is 0. The van der Waals surface area contributed by atoms with Gasteiger partial charge in [0.1, 0.15) is 0 Å². The van der Waals surface area contributed by atoms with Gasteiger partial charge in [-0.2, -0.15) is 0 Å². The Bertz CT molecular complexity index is 405. The average Bonchev–Trinajstić information content (AvgIpc) is 2.75. The summed E-state index contributed by atoms with van der Waals surface area (Å²) in [5.41, 5.74) is 4.51. The molecule has 0 radical (unpaired) electrons. The molecule has 0 saturated carbocycles. The first kappa shape index (κ1) is 10.4. The van der Waals surface area contributed by atoms with E-state index in [9.17, 15) is 0 Å². The number of nitrogens with zero attached hydrogens (tertiary/aromatic N) is 1. The van der Waals surface area contributed by atoms with Crippen LogP contribution in [0.5, 0.6) is 0 Å². The zero-order chi connectivity index (χ0) is 10.5. The Hall–Kier alpha value is -1.15. The number of aryl methyl sites for hydroxylation is 1. The maximum absolute atomic E-state index is 4.45. The van der Waals surface area contributed by atoms with Crippen LogP contribution in [0.3, 0.4) is 0 Å². The molecule has 0 aliphatic heterocycles. The van der Waals surface area contributed by atoms with E-state index in [-0.39, 0.29) is 0 Å². The minimum atomic E-state index is 1.10. The largest absolute Gasteiger partial charge is 0.249 e. The van der Waals surface area contributed by atoms with E-state index in [0.29, 0.717) is 0 Å². The number of thiazole rings is 1. The SMILES string of the molecule is CCCCc1ncsc1-c1ccccc1. The van der Waals surface area contributed by atoms with E-state index in [1.54, 1.807) is 11.3 Å². The number of aromatic nitrogens is 1. The maximum atomic E-state index is 4.45. The molecule has 2 heteroatoms. The van der Waals surface area contributed by atoms with Gasteiger partial charge in [0.25, 0.3) is 0 Å². The summed E-state index contributed by atoms with van der Waals surface area (Å²) in [5.74, 6) is 0. The van der Waals surface area contributed by atoms with Crippen LogP contribution in [0.2, 0.25) is 0 Å². The zero-order valence-electron chi connectivity index (χ0n) is 8.94. The summed E-state index contributed by atoms with van der Waals surface area (Å²) in [6.07, 6.45) is 3.56. The van der Waals surface area contributed by atoms with Crippen LogP contribution in [0.15, 0.2) is 35.8 Å². The van der Waals surface area contributed by atoms with Crippen molar-refractivity contribution in [3.05, 3.63) is 41.5 Å². The lowest BCUT2D eigenvalue weighted by Crippen LogP contribution is -1.87. The second kappa shape index (κ2) is 5.08. The minimum absolute atomic E-state index is 1.10. The number of rotatable bonds is 4. The van der Waals surface area contributed by atoms with Gasteiger partial charge in [0.2, 0.25) is 0 Å². The molecule has 0 saturated heterocycles. The zero-order valence-corrected chi connectivity index (χ0v) is 9.76. The van der Waals surface area contributed by atoms with Crippen molar-refractivity contribution in [1.29, 1.82) is 0 Å². The van der Waals surface area contributed by atoms with Crippen LogP contribution in [0.4, 0.5) is 0 Å². The molecule has 0 fully saturated rings. The number of hydrogen-bond acceptors (Lipinski definition) is 2. The van der Waals surface area contributed by atoms with Crippen molar-refractivity contribution >= 4 is 11.3 Å². The van der Waals surface area contributed by atoms with Crippen molar-refractivity contribution in [2.45, 2.75) is 26.2 Å². The molecule has 0 bridgehead atoms. The van der Waals surface area contributed by atoms with Gasteiger partial charge in [-0.05, 0) is 18.4 Å². The molecule has 0 N–H and O–H groups in total. The molecule has 0 atom stereocenters. The van der Waals surface area contributed by atoms with Gasteiger partial charge in [-0.3, -0.25) is 0 Å². The summed E-state index contributed by atoms with van der Waals surface area (Å²) in [5, 5.41) is 0. The highest BCUT2D eigenvalue weighted by Crippen LogP contribution is 2.28. The fourth-order valence-electron chi connectivity index (χ4n) is 1.62. The van der Waals surface area contributed by atoms with Crippen LogP contribution >= 0.6 is 11.3 Å². The standard InChI is InChI=1S/C13H15NS/c1-2-3-9-12-13(15-10-14-12)11-7-5-4-6-8-11/h4-8,10H,2-3,9H2,1H3. The maximum Gasteiger partial charge on any atom is 0.0801 e. The molecule has 0 unspecified atom stereocenters. The Morgan fingerprint density at radius 3 is 2.73 bits per heavy atom. The molecule has 0 amide bonds. The first-order valence-electron chi connectivity index (χ1n) is 5.39. The van der Waals surface area contributed by atoms with Gasteiger partial charge in [-0.1, -0.05) is 43.7 Å². The van der Waals surface area contributed by atoms with Gasteiger partial charge in [0.05, 0.1) is 16.1 Å². The average molecular weight is 217 g/mol. The lowest BCUT2D eigenvalue weighted by atomic mass is 10.1. The van der Waals surface area contributed by atoms with Crippen LogP contribution in [0.25, 0.3) is 10.4 Å². The first-order valence-corrected chi connectivity index (χ1v) is 6.27. The van der Waals surface area contributed by atoms with Gasteiger partial charge < -0.3 is 0 Å². The van der Waals surface area contributed by atoms with Crippen LogP contribution in [-0.4, -0.2) is 4.98 Å². The van der Waals surface area contributed by atoms with Crippen molar-refractivity contribution < 1.29 is 0 Å². The summed E-state index contributed by atoms with van der Waals surface area (Å²) >= 11 is 1.74. The summed E-state index contributed by atoms with van der Waals surface area (Å²) in [6.45, 7) is 2.22. The van der Waals surface area contributed by atoms with Crippen molar-refractivity contribution in [3.8, 4) is 10.4 Å². The van der Waals surface area contributed by atoms with E-state index in [2.05, 4.69) is 42.2 Å². The van der Waals surface area contributed by atoms with E-state index < -0.39 is 0 Å². The van der Waals surface area contributed by atoms with E-state index in [4.69, 9.17) is 0 Å². The second-order valence-corrected chi connectivity index (χ2v) is 4.45. The van der Waals surface area contributed by atoms with Crippen LogP contribution in [0.1, 0.15) is 25.5 Å². The molecule has 2 rings (SSSR count). The lowest BCUT2D eigenvalue weighted by molar-refractivity contribution is 0.782. The molecule has 78 valence electrons. The Balaban J connectivity index is 2.25. The summed E-state index contributed by atoms with van der Waals surface area (Å²) in [7, 11) is 0. The fraction of sp³-hybridized carbons (Fsp3) is 0.308. The van der Waals surface area contributed by atoms with Crippen molar-refractivity contribution in [2.75, 3.05) is 0 Å². The Labute approximate surface area is 94.8 Å². The monoisotopic (exact) mass is 217 g/mol. The third kappa shape index (κ3) is 2.45. The van der Waals surface area contributed by atoms with Crippen molar-refractivity contribution in [1.82, 2.24) is 4.98 Å². The Morgan fingerprint density at radius 1 is 1.20 bits per heavy atom. The molecule has 1 heterocycles. The molecule has 0 spiro atoms. The van der Waals surface area contributed by atoms with E-state index >= 15 is 0 Å². The first-order chi connectivity index (χ1) is 7.42. The number of unbranched alkanes of at least 4 members (excludes halogenated alkanes) is 1. The summed E-state index contributed by atoms with van der Waals surface area (Å²) in [4.78, 5) is 5.79. The van der Waals surface area contributed by atoms with Gasteiger partial charge in [-0.25, -0.2) is 4.98 Å². The van der Waals surface area contributed by atoms with Gasteiger partial charge >= 0.3 is 0 Å². The van der Waals surface area contributed by atoms with Gasteiger partial charge in [-0.15, -0.1) is 11.3 Å². The van der Waals surface area contributed by atoms with E-state index in [0.717, 1.165) is 6.42 Å². The molecule has 1 nitrogen and oxygen atoms in total. The highest BCUT2D eigenvalue weighted by atomic mass is 32.1. The smallest absolute Gasteiger partial charge is 0.0801 e. The minimum Gasteiger partial charge on any atom is -0.249 e. The van der Waals surface area contributed by atoms with E-state index in [1.165, 1.54) is 29.0 Å².